The van der Waals surface area contributed by atoms with Gasteiger partial charge in [-0.2, -0.15) is 0 Å². The van der Waals surface area contributed by atoms with Crippen LogP contribution in [0.4, 0.5) is 10.1 Å². The SMILES string of the molecule is CC(=O)Nc1cccc(-c2cc(-c3ccc(Oc4ccccn4)cc3F)cc3cncnc23)c1. The molecule has 166 valence electrons. The summed E-state index contributed by atoms with van der Waals surface area (Å²) in [4.78, 5) is 24.2. The van der Waals surface area contributed by atoms with E-state index in [1.54, 1.807) is 42.7 Å². The number of halogens is 1. The van der Waals surface area contributed by atoms with Gasteiger partial charge in [-0.25, -0.2) is 19.3 Å². The third-order valence-electron chi connectivity index (χ3n) is 5.21. The molecule has 5 rings (SSSR count). The van der Waals surface area contributed by atoms with Crippen LogP contribution < -0.4 is 10.1 Å². The van der Waals surface area contributed by atoms with Crippen molar-refractivity contribution in [2.75, 3.05) is 5.32 Å². The van der Waals surface area contributed by atoms with Gasteiger partial charge in [-0.05, 0) is 53.6 Å². The zero-order chi connectivity index (χ0) is 23.5. The van der Waals surface area contributed by atoms with Crippen LogP contribution in [0.25, 0.3) is 33.2 Å². The lowest BCUT2D eigenvalue weighted by molar-refractivity contribution is -0.114. The maximum absolute atomic E-state index is 15.2. The predicted octanol–water partition coefficient (Wildman–Crippen LogP) is 6.25. The molecule has 7 heteroatoms. The normalized spacial score (nSPS) is 10.8. The maximum atomic E-state index is 15.2. The van der Waals surface area contributed by atoms with Crippen LogP contribution in [0, 0.1) is 5.82 Å². The Kier molecular flexibility index (Phi) is 5.66. The van der Waals surface area contributed by atoms with Crippen molar-refractivity contribution < 1.29 is 13.9 Å². The lowest BCUT2D eigenvalue weighted by Crippen LogP contribution is -2.05. The van der Waals surface area contributed by atoms with Gasteiger partial charge in [0, 0.05) is 53.7 Å². The van der Waals surface area contributed by atoms with Gasteiger partial charge in [0.05, 0.1) is 5.52 Å². The fourth-order valence-electron chi connectivity index (χ4n) is 3.77. The Morgan fingerprint density at radius 2 is 1.82 bits per heavy atom. The van der Waals surface area contributed by atoms with Crippen LogP contribution in [0.5, 0.6) is 11.6 Å². The summed E-state index contributed by atoms with van der Waals surface area (Å²) in [6.07, 6.45) is 4.79. The molecule has 0 radical (unpaired) electrons. The second-order valence-corrected chi connectivity index (χ2v) is 7.66. The molecule has 0 aliphatic heterocycles. The van der Waals surface area contributed by atoms with E-state index in [4.69, 9.17) is 4.74 Å². The van der Waals surface area contributed by atoms with Crippen LogP contribution in [0.3, 0.4) is 0 Å². The van der Waals surface area contributed by atoms with Gasteiger partial charge in [-0.3, -0.25) is 4.79 Å². The molecule has 0 unspecified atom stereocenters. The summed E-state index contributed by atoms with van der Waals surface area (Å²) in [5.74, 6) is 0.155. The van der Waals surface area contributed by atoms with Crippen molar-refractivity contribution in [1.29, 1.82) is 0 Å². The number of anilines is 1. The second-order valence-electron chi connectivity index (χ2n) is 7.66. The number of nitrogens with one attached hydrogen (secondary N) is 1. The number of benzene rings is 3. The fourth-order valence-corrected chi connectivity index (χ4v) is 3.77. The Hall–Kier alpha value is -4.65. The van der Waals surface area contributed by atoms with Crippen molar-refractivity contribution >= 4 is 22.5 Å². The molecule has 0 aliphatic rings. The average Bonchev–Trinajstić information content (AvgIpc) is 2.84. The minimum Gasteiger partial charge on any atom is -0.439 e. The number of hydrogen-bond donors (Lipinski definition) is 1. The van der Waals surface area contributed by atoms with E-state index in [0.29, 0.717) is 28.4 Å². The predicted molar refractivity (Wildman–Crippen MR) is 129 cm³/mol. The van der Waals surface area contributed by atoms with Gasteiger partial charge in [0.15, 0.2) is 0 Å². The summed E-state index contributed by atoms with van der Waals surface area (Å²) in [5.41, 5.74) is 4.12. The topological polar surface area (TPSA) is 77.0 Å². The zero-order valence-electron chi connectivity index (χ0n) is 18.2. The van der Waals surface area contributed by atoms with Crippen LogP contribution >= 0.6 is 0 Å². The molecule has 0 aliphatic carbocycles. The molecule has 0 bridgehead atoms. The van der Waals surface area contributed by atoms with E-state index in [1.807, 2.05) is 36.4 Å². The van der Waals surface area contributed by atoms with Crippen molar-refractivity contribution in [3.63, 3.8) is 0 Å². The summed E-state index contributed by atoms with van der Waals surface area (Å²) in [6, 6.07) is 21.2. The average molecular weight is 450 g/mol. The molecular formula is C27H19FN4O2. The Labute approximate surface area is 195 Å². The molecular weight excluding hydrogens is 431 g/mol. The first-order valence-corrected chi connectivity index (χ1v) is 10.6. The van der Waals surface area contributed by atoms with E-state index in [2.05, 4.69) is 20.3 Å². The fraction of sp³-hybridized carbons (Fsp3) is 0.0370. The number of hydrogen-bond acceptors (Lipinski definition) is 5. The summed E-state index contributed by atoms with van der Waals surface area (Å²) in [7, 11) is 0. The van der Waals surface area contributed by atoms with Gasteiger partial charge >= 0.3 is 0 Å². The van der Waals surface area contributed by atoms with E-state index in [-0.39, 0.29) is 5.91 Å². The van der Waals surface area contributed by atoms with Crippen LogP contribution in [-0.2, 0) is 4.79 Å². The molecule has 0 saturated heterocycles. The zero-order valence-corrected chi connectivity index (χ0v) is 18.2. The Morgan fingerprint density at radius 1 is 0.912 bits per heavy atom. The third-order valence-corrected chi connectivity index (χ3v) is 5.21. The Bertz CT molecular complexity index is 1510. The van der Waals surface area contributed by atoms with Crippen molar-refractivity contribution in [2.45, 2.75) is 6.92 Å². The van der Waals surface area contributed by atoms with Gasteiger partial charge in [0.1, 0.15) is 17.9 Å². The first-order chi connectivity index (χ1) is 16.6. The van der Waals surface area contributed by atoms with E-state index >= 15 is 4.39 Å². The molecule has 5 aromatic rings. The molecule has 2 aromatic heterocycles. The van der Waals surface area contributed by atoms with Crippen LogP contribution in [-0.4, -0.2) is 20.9 Å². The van der Waals surface area contributed by atoms with E-state index in [1.165, 1.54) is 19.3 Å². The molecule has 0 atom stereocenters. The minimum absolute atomic E-state index is 0.159. The molecule has 2 heterocycles. The number of nitrogens with zero attached hydrogens (tertiary/aromatic N) is 3. The van der Waals surface area contributed by atoms with Crippen LogP contribution in [0.2, 0.25) is 0 Å². The van der Waals surface area contributed by atoms with E-state index < -0.39 is 5.82 Å². The lowest BCUT2D eigenvalue weighted by atomic mass is 9.95. The van der Waals surface area contributed by atoms with Gasteiger partial charge < -0.3 is 10.1 Å². The van der Waals surface area contributed by atoms with Crippen LogP contribution in [0.15, 0.2) is 91.5 Å². The summed E-state index contributed by atoms with van der Waals surface area (Å²) in [5, 5.41) is 3.57. The largest absolute Gasteiger partial charge is 0.439 e. The molecule has 0 spiro atoms. The number of ether oxygens (including phenoxy) is 1. The molecule has 0 fully saturated rings. The van der Waals surface area contributed by atoms with Crippen LogP contribution in [0.1, 0.15) is 6.92 Å². The number of aromatic nitrogens is 3. The first kappa shape index (κ1) is 21.2. The highest BCUT2D eigenvalue weighted by atomic mass is 19.1. The quantitative estimate of drug-likeness (QED) is 0.343. The monoisotopic (exact) mass is 450 g/mol. The van der Waals surface area contributed by atoms with Crippen molar-refractivity contribution in [3.05, 3.63) is 97.3 Å². The summed E-state index contributed by atoms with van der Waals surface area (Å²) < 4.78 is 20.9. The maximum Gasteiger partial charge on any atom is 0.221 e. The van der Waals surface area contributed by atoms with Gasteiger partial charge in [0.2, 0.25) is 11.8 Å². The second kappa shape index (κ2) is 9.07. The Morgan fingerprint density at radius 3 is 2.62 bits per heavy atom. The van der Waals surface area contributed by atoms with E-state index in [0.717, 1.165) is 22.0 Å². The van der Waals surface area contributed by atoms with Gasteiger partial charge in [-0.1, -0.05) is 18.2 Å². The van der Waals surface area contributed by atoms with Crippen molar-refractivity contribution in [3.8, 4) is 33.9 Å². The van der Waals surface area contributed by atoms with Crippen molar-refractivity contribution in [1.82, 2.24) is 15.0 Å². The highest BCUT2D eigenvalue weighted by Gasteiger charge is 2.14. The number of fused-ring (bicyclic) bond motifs is 1. The number of rotatable bonds is 5. The lowest BCUT2D eigenvalue weighted by Gasteiger charge is -2.13. The summed E-state index contributed by atoms with van der Waals surface area (Å²) in [6.45, 7) is 1.46. The number of amides is 1. The number of pyridine rings is 1. The molecule has 0 saturated carbocycles. The number of carbonyl (C=O) groups excluding carboxylic acids is 1. The Balaban J connectivity index is 1.58. The van der Waals surface area contributed by atoms with E-state index in [9.17, 15) is 4.79 Å². The highest BCUT2D eigenvalue weighted by Crippen LogP contribution is 2.36. The van der Waals surface area contributed by atoms with Gasteiger partial charge in [-0.15, -0.1) is 0 Å². The first-order valence-electron chi connectivity index (χ1n) is 10.6. The minimum atomic E-state index is -0.428. The number of carbonyl (C=O) groups is 1. The molecule has 3 aromatic carbocycles. The highest BCUT2D eigenvalue weighted by molar-refractivity contribution is 5.98. The molecule has 1 amide bonds. The smallest absolute Gasteiger partial charge is 0.221 e. The van der Waals surface area contributed by atoms with Gasteiger partial charge in [0.25, 0.3) is 0 Å². The standard InChI is InChI=1S/C27H19FN4O2/c1-17(33)32-21-6-4-5-18(12-21)24-13-19(11-20-15-29-16-31-27(20)24)23-9-8-22(14-25(23)28)34-26-7-2-3-10-30-26/h2-16H,1H3,(H,32,33). The van der Waals surface area contributed by atoms with Crippen molar-refractivity contribution in [2.24, 2.45) is 0 Å². The third kappa shape index (κ3) is 4.45. The molecule has 34 heavy (non-hydrogen) atoms. The molecule has 1 N–H and O–H groups in total. The summed E-state index contributed by atoms with van der Waals surface area (Å²) >= 11 is 0. The molecule has 6 nitrogen and oxygen atoms in total.